The van der Waals surface area contributed by atoms with Crippen LogP contribution in [0.25, 0.3) is 0 Å². The van der Waals surface area contributed by atoms with Crippen molar-refractivity contribution in [3.63, 3.8) is 0 Å². The zero-order valence-electron chi connectivity index (χ0n) is 11.5. The van der Waals surface area contributed by atoms with Gasteiger partial charge in [0.15, 0.2) is 0 Å². The van der Waals surface area contributed by atoms with Crippen molar-refractivity contribution in [1.29, 1.82) is 0 Å². The molecular weight excluding hydrogens is 299 g/mol. The Morgan fingerprint density at radius 2 is 1.95 bits per heavy atom. The van der Waals surface area contributed by atoms with Gasteiger partial charge in [0.1, 0.15) is 6.61 Å². The van der Waals surface area contributed by atoms with Gasteiger partial charge in [-0.2, -0.15) is 0 Å². The predicted molar refractivity (Wildman–Crippen MR) is 84.5 cm³/mol. The molecular formula is C14H22Cl2N2O2. The Morgan fingerprint density at radius 1 is 1.30 bits per heavy atom. The number of benzene rings is 1. The molecule has 2 N–H and O–H groups in total. The molecule has 1 aliphatic rings. The Kier molecular flexibility index (Phi) is 8.62. The number of carbonyl (C=O) groups is 1. The Balaban J connectivity index is 0.00000180. The van der Waals surface area contributed by atoms with E-state index in [0.717, 1.165) is 18.5 Å². The first-order valence-corrected chi connectivity index (χ1v) is 6.36. The molecule has 0 unspecified atom stereocenters. The smallest absolute Gasteiger partial charge is 0.410 e. The minimum absolute atomic E-state index is 0. The van der Waals surface area contributed by atoms with Crippen molar-refractivity contribution in [1.82, 2.24) is 4.90 Å². The zero-order chi connectivity index (χ0) is 13.0. The molecule has 0 bridgehead atoms. The van der Waals surface area contributed by atoms with Crippen molar-refractivity contribution in [3.05, 3.63) is 35.9 Å². The summed E-state index contributed by atoms with van der Waals surface area (Å²) < 4.78 is 5.30. The van der Waals surface area contributed by atoms with Crippen LogP contribution in [0, 0.1) is 5.92 Å². The van der Waals surface area contributed by atoms with Crippen molar-refractivity contribution in [2.45, 2.75) is 26.0 Å². The summed E-state index contributed by atoms with van der Waals surface area (Å²) in [4.78, 5) is 13.6. The fourth-order valence-electron chi connectivity index (χ4n) is 2.36. The van der Waals surface area contributed by atoms with E-state index in [4.69, 9.17) is 10.5 Å². The molecule has 2 atom stereocenters. The lowest BCUT2D eigenvalue weighted by Gasteiger charge is -2.33. The fourth-order valence-corrected chi connectivity index (χ4v) is 2.36. The van der Waals surface area contributed by atoms with Crippen molar-refractivity contribution in [2.24, 2.45) is 11.7 Å². The van der Waals surface area contributed by atoms with Gasteiger partial charge in [-0.3, -0.25) is 0 Å². The van der Waals surface area contributed by atoms with Crippen molar-refractivity contribution in [2.75, 3.05) is 13.1 Å². The lowest BCUT2D eigenvalue weighted by molar-refractivity contribution is 0.0767. The molecule has 1 heterocycles. The number of piperidine rings is 1. The van der Waals surface area contributed by atoms with Crippen molar-refractivity contribution >= 4 is 30.9 Å². The Morgan fingerprint density at radius 3 is 2.55 bits per heavy atom. The lowest BCUT2D eigenvalue weighted by Crippen LogP contribution is -2.48. The number of hydrogen-bond acceptors (Lipinski definition) is 3. The van der Waals surface area contributed by atoms with E-state index in [1.165, 1.54) is 0 Å². The van der Waals surface area contributed by atoms with Crippen LogP contribution in [0.15, 0.2) is 30.3 Å². The predicted octanol–water partition coefficient (Wildman–Crippen LogP) is 2.84. The molecule has 1 aromatic carbocycles. The molecule has 20 heavy (non-hydrogen) atoms. The van der Waals surface area contributed by atoms with Crippen LogP contribution >= 0.6 is 24.8 Å². The standard InChI is InChI=1S/C14H20N2O2.2ClH/c1-11-7-13(15)9-16(8-11)14(17)18-10-12-5-3-2-4-6-12;;/h2-6,11,13H,7-10,15H2,1H3;2*1H/t11-,13-;;/m1../s1. The second kappa shape index (κ2) is 9.06. The molecule has 1 amide bonds. The Labute approximate surface area is 132 Å². The molecule has 114 valence electrons. The quantitative estimate of drug-likeness (QED) is 0.911. The number of halogens is 2. The molecule has 1 fully saturated rings. The van der Waals surface area contributed by atoms with Crippen LogP contribution in [-0.4, -0.2) is 30.1 Å². The van der Waals surface area contributed by atoms with Crippen LogP contribution in [-0.2, 0) is 11.3 Å². The minimum atomic E-state index is -0.263. The van der Waals surface area contributed by atoms with Gasteiger partial charge in [0.05, 0.1) is 0 Å². The monoisotopic (exact) mass is 320 g/mol. The molecule has 0 aliphatic carbocycles. The highest BCUT2D eigenvalue weighted by Crippen LogP contribution is 2.16. The Hall–Kier alpha value is -0.970. The zero-order valence-corrected chi connectivity index (χ0v) is 13.2. The number of ether oxygens (including phenoxy) is 1. The lowest BCUT2D eigenvalue weighted by atomic mass is 9.97. The van der Waals surface area contributed by atoms with E-state index in [9.17, 15) is 4.79 Å². The summed E-state index contributed by atoms with van der Waals surface area (Å²) in [6.07, 6.45) is 0.712. The maximum atomic E-state index is 11.9. The first-order valence-electron chi connectivity index (χ1n) is 6.36. The van der Waals surface area contributed by atoms with Gasteiger partial charge in [-0.1, -0.05) is 37.3 Å². The summed E-state index contributed by atoms with van der Waals surface area (Å²) in [5, 5.41) is 0. The highest BCUT2D eigenvalue weighted by molar-refractivity contribution is 5.85. The molecule has 0 spiro atoms. The second-order valence-electron chi connectivity index (χ2n) is 5.05. The van der Waals surface area contributed by atoms with E-state index in [2.05, 4.69) is 6.92 Å². The van der Waals surface area contributed by atoms with Crippen molar-refractivity contribution in [3.8, 4) is 0 Å². The van der Waals surface area contributed by atoms with E-state index in [1.54, 1.807) is 4.90 Å². The largest absolute Gasteiger partial charge is 0.445 e. The number of hydrogen-bond donors (Lipinski definition) is 1. The van der Waals surface area contributed by atoms with Gasteiger partial charge in [-0.15, -0.1) is 24.8 Å². The first-order chi connectivity index (χ1) is 8.65. The number of amides is 1. The van der Waals surface area contributed by atoms with E-state index < -0.39 is 0 Å². The average molecular weight is 321 g/mol. The summed E-state index contributed by atoms with van der Waals surface area (Å²) >= 11 is 0. The highest BCUT2D eigenvalue weighted by atomic mass is 35.5. The summed E-state index contributed by atoms with van der Waals surface area (Å²) in [6.45, 7) is 3.76. The first kappa shape index (κ1) is 19.0. The molecule has 1 aromatic rings. The minimum Gasteiger partial charge on any atom is -0.445 e. The molecule has 4 nitrogen and oxygen atoms in total. The SMILES string of the molecule is C[C@@H]1C[C@@H](N)CN(C(=O)OCc2ccccc2)C1.Cl.Cl. The maximum Gasteiger partial charge on any atom is 0.410 e. The van der Waals surface area contributed by atoms with Gasteiger partial charge >= 0.3 is 6.09 Å². The average Bonchev–Trinajstić information content (AvgIpc) is 2.36. The number of rotatable bonds is 2. The van der Waals surface area contributed by atoms with E-state index >= 15 is 0 Å². The van der Waals surface area contributed by atoms with Crippen LogP contribution < -0.4 is 5.73 Å². The van der Waals surface area contributed by atoms with Crippen LogP contribution in [0.4, 0.5) is 4.79 Å². The third-order valence-corrected chi connectivity index (χ3v) is 3.16. The van der Waals surface area contributed by atoms with E-state index in [1.807, 2.05) is 30.3 Å². The second-order valence-corrected chi connectivity index (χ2v) is 5.05. The van der Waals surface area contributed by atoms with Crippen LogP contribution in [0.1, 0.15) is 18.9 Å². The number of nitrogens with zero attached hydrogens (tertiary/aromatic N) is 1. The third-order valence-electron chi connectivity index (χ3n) is 3.16. The molecule has 6 heteroatoms. The third kappa shape index (κ3) is 5.57. The maximum absolute atomic E-state index is 11.9. The number of likely N-dealkylation sites (tertiary alicyclic amines) is 1. The van der Waals surface area contributed by atoms with Crippen LogP contribution in [0.3, 0.4) is 0 Å². The molecule has 1 saturated heterocycles. The van der Waals surface area contributed by atoms with Gasteiger partial charge < -0.3 is 15.4 Å². The highest BCUT2D eigenvalue weighted by Gasteiger charge is 2.26. The topological polar surface area (TPSA) is 55.6 Å². The van der Waals surface area contributed by atoms with Crippen LogP contribution in [0.5, 0.6) is 0 Å². The van der Waals surface area contributed by atoms with E-state index in [-0.39, 0.29) is 36.9 Å². The van der Waals surface area contributed by atoms with Gasteiger partial charge in [0, 0.05) is 19.1 Å². The van der Waals surface area contributed by atoms with E-state index in [0.29, 0.717) is 19.1 Å². The summed E-state index contributed by atoms with van der Waals surface area (Å²) in [5.74, 6) is 0.443. The van der Waals surface area contributed by atoms with Gasteiger partial charge in [0.2, 0.25) is 0 Å². The summed E-state index contributed by atoms with van der Waals surface area (Å²) in [6, 6.07) is 9.76. The fraction of sp³-hybridized carbons (Fsp3) is 0.500. The Bertz CT molecular complexity index is 393. The molecule has 2 rings (SSSR count). The van der Waals surface area contributed by atoms with Crippen LogP contribution in [0.2, 0.25) is 0 Å². The van der Waals surface area contributed by atoms with Gasteiger partial charge in [-0.05, 0) is 17.9 Å². The molecule has 0 aromatic heterocycles. The molecule has 0 radical (unpaired) electrons. The van der Waals surface area contributed by atoms with Gasteiger partial charge in [-0.25, -0.2) is 4.79 Å². The summed E-state index contributed by atoms with van der Waals surface area (Å²) in [7, 11) is 0. The number of carbonyl (C=O) groups excluding carboxylic acids is 1. The normalized spacial score (nSPS) is 21.4. The number of nitrogens with two attached hydrogens (primary N) is 1. The molecule has 1 aliphatic heterocycles. The molecule has 0 saturated carbocycles. The summed E-state index contributed by atoms with van der Waals surface area (Å²) in [5.41, 5.74) is 6.91. The van der Waals surface area contributed by atoms with Crippen molar-refractivity contribution < 1.29 is 9.53 Å². The van der Waals surface area contributed by atoms with Gasteiger partial charge in [0.25, 0.3) is 0 Å².